The lowest BCUT2D eigenvalue weighted by molar-refractivity contribution is 0.397. The molecule has 0 aromatic carbocycles. The fraction of sp³-hybridized carbons (Fsp3) is 0.333. The minimum Gasteiger partial charge on any atom is -0.481 e. The third kappa shape index (κ3) is 2.74. The zero-order valence-electron chi connectivity index (χ0n) is 7.82. The van der Waals surface area contributed by atoms with Crippen LogP contribution >= 0.6 is 0 Å². The summed E-state index contributed by atoms with van der Waals surface area (Å²) in [4.78, 5) is 8.11. The Labute approximate surface area is 77.7 Å². The molecule has 4 heteroatoms. The second-order valence-electron chi connectivity index (χ2n) is 2.59. The van der Waals surface area contributed by atoms with Crippen molar-refractivity contribution in [3.05, 3.63) is 24.9 Å². The van der Waals surface area contributed by atoms with Crippen molar-refractivity contribution in [1.29, 1.82) is 0 Å². The molecule has 0 aliphatic carbocycles. The topological polar surface area (TPSA) is 47.0 Å². The van der Waals surface area contributed by atoms with Crippen LogP contribution in [0.2, 0.25) is 0 Å². The Kier molecular flexibility index (Phi) is 3.25. The fourth-order valence-corrected chi connectivity index (χ4v) is 0.788. The molecule has 1 heterocycles. The maximum atomic E-state index is 4.95. The number of methoxy groups -OCH3 is 1. The lowest BCUT2D eigenvalue weighted by Crippen LogP contribution is -2.13. The van der Waals surface area contributed by atoms with E-state index in [0.29, 0.717) is 11.8 Å². The van der Waals surface area contributed by atoms with Crippen molar-refractivity contribution >= 4 is 5.95 Å². The van der Waals surface area contributed by atoms with Crippen LogP contribution in [0.4, 0.5) is 5.95 Å². The summed E-state index contributed by atoms with van der Waals surface area (Å²) in [5.41, 5.74) is 0. The molecule has 0 radical (unpaired) electrons. The Morgan fingerprint density at radius 1 is 1.69 bits per heavy atom. The molecule has 1 unspecified atom stereocenters. The first kappa shape index (κ1) is 9.51. The third-order valence-electron chi connectivity index (χ3n) is 1.55. The molecule has 0 saturated carbocycles. The van der Waals surface area contributed by atoms with Crippen LogP contribution in [0.3, 0.4) is 0 Å². The third-order valence-corrected chi connectivity index (χ3v) is 1.55. The number of nitrogens with zero attached hydrogens (tertiary/aromatic N) is 2. The van der Waals surface area contributed by atoms with Gasteiger partial charge < -0.3 is 10.1 Å². The number of nitrogens with one attached hydrogen (secondary N) is 1. The van der Waals surface area contributed by atoms with Crippen LogP contribution in [-0.4, -0.2) is 23.1 Å². The Morgan fingerprint density at radius 3 is 3.08 bits per heavy atom. The summed E-state index contributed by atoms with van der Waals surface area (Å²) >= 11 is 0. The van der Waals surface area contributed by atoms with Crippen LogP contribution in [0.1, 0.15) is 6.92 Å². The molecule has 1 atom stereocenters. The standard InChI is InChI=1S/C9H13N3O/c1-4-7(2)11-9-10-6-5-8(12-9)13-3/h4-7H,1H2,2-3H3,(H,10,11,12). The van der Waals surface area contributed by atoms with E-state index in [4.69, 9.17) is 4.74 Å². The van der Waals surface area contributed by atoms with E-state index in [1.54, 1.807) is 25.4 Å². The van der Waals surface area contributed by atoms with Gasteiger partial charge >= 0.3 is 0 Å². The second-order valence-corrected chi connectivity index (χ2v) is 2.59. The van der Waals surface area contributed by atoms with Crippen molar-refractivity contribution in [2.45, 2.75) is 13.0 Å². The number of hydrogen-bond donors (Lipinski definition) is 1. The molecule has 0 aliphatic heterocycles. The van der Waals surface area contributed by atoms with Gasteiger partial charge in [-0.15, -0.1) is 6.58 Å². The van der Waals surface area contributed by atoms with Crippen molar-refractivity contribution in [1.82, 2.24) is 9.97 Å². The van der Waals surface area contributed by atoms with Crippen molar-refractivity contribution in [2.75, 3.05) is 12.4 Å². The number of hydrogen-bond acceptors (Lipinski definition) is 4. The van der Waals surface area contributed by atoms with E-state index in [1.165, 1.54) is 0 Å². The summed E-state index contributed by atoms with van der Waals surface area (Å²) < 4.78 is 4.95. The van der Waals surface area contributed by atoms with Crippen LogP contribution in [0.5, 0.6) is 5.88 Å². The SMILES string of the molecule is C=CC(C)Nc1nccc(OC)n1. The van der Waals surface area contributed by atoms with Crippen molar-refractivity contribution in [3.63, 3.8) is 0 Å². The normalized spacial score (nSPS) is 11.8. The van der Waals surface area contributed by atoms with Gasteiger partial charge in [0.1, 0.15) is 0 Å². The highest BCUT2D eigenvalue weighted by atomic mass is 16.5. The zero-order chi connectivity index (χ0) is 9.68. The van der Waals surface area contributed by atoms with Gasteiger partial charge in [0.05, 0.1) is 7.11 Å². The van der Waals surface area contributed by atoms with Gasteiger partial charge in [0.2, 0.25) is 11.8 Å². The van der Waals surface area contributed by atoms with E-state index in [0.717, 1.165) is 0 Å². The molecule has 0 bridgehead atoms. The maximum absolute atomic E-state index is 4.95. The van der Waals surface area contributed by atoms with Gasteiger partial charge in [0.25, 0.3) is 0 Å². The summed E-state index contributed by atoms with van der Waals surface area (Å²) in [6.07, 6.45) is 3.42. The zero-order valence-corrected chi connectivity index (χ0v) is 7.82. The van der Waals surface area contributed by atoms with Crippen LogP contribution in [0.15, 0.2) is 24.9 Å². The summed E-state index contributed by atoms with van der Waals surface area (Å²) in [7, 11) is 1.57. The van der Waals surface area contributed by atoms with Gasteiger partial charge in [-0.2, -0.15) is 4.98 Å². The van der Waals surface area contributed by atoms with Crippen molar-refractivity contribution in [3.8, 4) is 5.88 Å². The first-order chi connectivity index (χ1) is 6.26. The first-order valence-corrected chi connectivity index (χ1v) is 4.02. The quantitative estimate of drug-likeness (QED) is 0.711. The molecule has 0 spiro atoms. The Hall–Kier alpha value is -1.58. The van der Waals surface area contributed by atoms with Gasteiger partial charge in [-0.25, -0.2) is 4.98 Å². The van der Waals surface area contributed by atoms with Crippen molar-refractivity contribution in [2.24, 2.45) is 0 Å². The van der Waals surface area contributed by atoms with E-state index in [2.05, 4.69) is 21.9 Å². The Morgan fingerprint density at radius 2 is 2.46 bits per heavy atom. The van der Waals surface area contributed by atoms with Gasteiger partial charge in [-0.3, -0.25) is 0 Å². The molecule has 0 aliphatic rings. The molecule has 1 N–H and O–H groups in total. The molecule has 1 aromatic rings. The maximum Gasteiger partial charge on any atom is 0.226 e. The largest absolute Gasteiger partial charge is 0.481 e. The number of aromatic nitrogens is 2. The van der Waals surface area contributed by atoms with Gasteiger partial charge in [0.15, 0.2) is 0 Å². The smallest absolute Gasteiger partial charge is 0.226 e. The van der Waals surface area contributed by atoms with E-state index in [9.17, 15) is 0 Å². The lowest BCUT2D eigenvalue weighted by atomic mass is 10.3. The van der Waals surface area contributed by atoms with Crippen LogP contribution < -0.4 is 10.1 Å². The van der Waals surface area contributed by atoms with Crippen molar-refractivity contribution < 1.29 is 4.74 Å². The van der Waals surface area contributed by atoms with Crippen LogP contribution in [-0.2, 0) is 0 Å². The van der Waals surface area contributed by atoms with Gasteiger partial charge in [-0.05, 0) is 6.92 Å². The molecule has 1 aromatic heterocycles. The van der Waals surface area contributed by atoms with Crippen LogP contribution in [0.25, 0.3) is 0 Å². The Balaban J connectivity index is 2.71. The minimum atomic E-state index is 0.145. The molecular formula is C9H13N3O. The fourth-order valence-electron chi connectivity index (χ4n) is 0.788. The van der Waals surface area contributed by atoms with E-state index >= 15 is 0 Å². The first-order valence-electron chi connectivity index (χ1n) is 4.02. The molecule has 0 amide bonds. The average Bonchev–Trinajstić information content (AvgIpc) is 2.18. The monoisotopic (exact) mass is 179 g/mol. The summed E-state index contributed by atoms with van der Waals surface area (Å²) in [5.74, 6) is 1.10. The van der Waals surface area contributed by atoms with Gasteiger partial charge in [0, 0.05) is 18.3 Å². The predicted molar refractivity (Wildman–Crippen MR) is 51.9 cm³/mol. The highest BCUT2D eigenvalue weighted by molar-refractivity contribution is 5.29. The Bertz CT molecular complexity index is 288. The molecular weight excluding hydrogens is 166 g/mol. The average molecular weight is 179 g/mol. The molecule has 0 fully saturated rings. The number of ether oxygens (including phenoxy) is 1. The molecule has 4 nitrogen and oxygen atoms in total. The summed E-state index contributed by atoms with van der Waals surface area (Å²) in [6.45, 7) is 5.62. The highest BCUT2D eigenvalue weighted by Crippen LogP contribution is 2.07. The van der Waals surface area contributed by atoms with E-state index < -0.39 is 0 Å². The number of rotatable bonds is 4. The highest BCUT2D eigenvalue weighted by Gasteiger charge is 2.00. The second kappa shape index (κ2) is 4.45. The van der Waals surface area contributed by atoms with Crippen LogP contribution in [0, 0.1) is 0 Å². The van der Waals surface area contributed by atoms with E-state index in [1.807, 2.05) is 6.92 Å². The summed E-state index contributed by atoms with van der Waals surface area (Å²) in [6, 6.07) is 1.84. The summed E-state index contributed by atoms with van der Waals surface area (Å²) in [5, 5.41) is 3.05. The molecule has 70 valence electrons. The van der Waals surface area contributed by atoms with E-state index in [-0.39, 0.29) is 6.04 Å². The minimum absolute atomic E-state index is 0.145. The lowest BCUT2D eigenvalue weighted by Gasteiger charge is -2.08. The molecule has 13 heavy (non-hydrogen) atoms. The number of anilines is 1. The predicted octanol–water partition coefficient (Wildman–Crippen LogP) is 1.47. The molecule has 1 rings (SSSR count). The molecule has 0 saturated heterocycles. The van der Waals surface area contributed by atoms with Gasteiger partial charge in [-0.1, -0.05) is 6.08 Å².